The number of hydrogen-bond donors (Lipinski definition) is 1. The molecule has 0 bridgehead atoms. The number of hydrogen-bond acceptors (Lipinski definition) is 2. The minimum atomic E-state index is 0.691. The zero-order valence-corrected chi connectivity index (χ0v) is 14.6. The van der Waals surface area contributed by atoms with Crippen LogP contribution in [0.1, 0.15) is 5.56 Å². The number of rotatable bonds is 4. The van der Waals surface area contributed by atoms with Crippen molar-refractivity contribution in [3.05, 3.63) is 72.4 Å². The quantitative estimate of drug-likeness (QED) is 0.740. The Morgan fingerprint density at radius 1 is 1.08 bits per heavy atom. The highest BCUT2D eigenvalue weighted by atomic mass is 32.1. The fraction of sp³-hybridized carbons (Fsp3) is 0.158. The van der Waals surface area contributed by atoms with Crippen LogP contribution in [0, 0.1) is 0 Å². The van der Waals surface area contributed by atoms with Crippen LogP contribution < -0.4 is 5.32 Å². The van der Waals surface area contributed by atoms with E-state index in [1.165, 1.54) is 0 Å². The maximum atomic E-state index is 5.32. The molecule has 3 rings (SSSR count). The summed E-state index contributed by atoms with van der Waals surface area (Å²) in [6.07, 6.45) is 2.08. The van der Waals surface area contributed by atoms with E-state index >= 15 is 0 Å². The van der Waals surface area contributed by atoms with E-state index in [0.717, 1.165) is 22.5 Å². The summed E-state index contributed by atoms with van der Waals surface area (Å²) >= 11 is 5.32. The Labute approximate surface area is 147 Å². The molecule has 0 radical (unpaired) electrons. The van der Waals surface area contributed by atoms with Gasteiger partial charge >= 0.3 is 0 Å². The average molecular weight is 336 g/mol. The molecule has 24 heavy (non-hydrogen) atoms. The SMILES string of the molecule is CNC(=S)N(C)Cc1cn(-c2ccccc2)nc1-c1ccccc1. The lowest BCUT2D eigenvalue weighted by Crippen LogP contribution is -2.34. The summed E-state index contributed by atoms with van der Waals surface area (Å²) in [4.78, 5) is 2.01. The molecule has 0 atom stereocenters. The first-order chi connectivity index (χ1) is 11.7. The Kier molecular flexibility index (Phi) is 4.91. The van der Waals surface area contributed by atoms with Crippen LogP contribution in [0.3, 0.4) is 0 Å². The third-order valence-corrected chi connectivity index (χ3v) is 4.34. The Morgan fingerprint density at radius 2 is 1.71 bits per heavy atom. The second-order valence-electron chi connectivity index (χ2n) is 5.56. The fourth-order valence-corrected chi connectivity index (χ4v) is 2.66. The lowest BCUT2D eigenvalue weighted by Gasteiger charge is -2.19. The van der Waals surface area contributed by atoms with E-state index in [9.17, 15) is 0 Å². The summed E-state index contributed by atoms with van der Waals surface area (Å²) in [7, 11) is 3.82. The van der Waals surface area contributed by atoms with E-state index in [1.807, 2.05) is 72.2 Å². The van der Waals surface area contributed by atoms with Gasteiger partial charge < -0.3 is 10.2 Å². The molecule has 122 valence electrons. The monoisotopic (exact) mass is 336 g/mol. The Bertz CT molecular complexity index is 812. The third kappa shape index (κ3) is 3.46. The van der Waals surface area contributed by atoms with Crippen molar-refractivity contribution in [3.8, 4) is 16.9 Å². The molecule has 5 heteroatoms. The zero-order chi connectivity index (χ0) is 16.9. The van der Waals surface area contributed by atoms with Crippen molar-refractivity contribution in [2.45, 2.75) is 6.54 Å². The number of para-hydroxylation sites is 1. The summed E-state index contributed by atoms with van der Waals surface area (Å²) in [5.74, 6) is 0. The smallest absolute Gasteiger partial charge is 0.168 e. The van der Waals surface area contributed by atoms with E-state index < -0.39 is 0 Å². The Hall–Kier alpha value is -2.66. The number of thiocarbonyl (C=S) groups is 1. The van der Waals surface area contributed by atoms with E-state index in [1.54, 1.807) is 0 Å². The summed E-state index contributed by atoms with van der Waals surface area (Å²) < 4.78 is 1.92. The largest absolute Gasteiger partial charge is 0.366 e. The molecule has 0 fully saturated rings. The summed E-state index contributed by atoms with van der Waals surface area (Å²) in [5, 5.41) is 8.54. The van der Waals surface area contributed by atoms with Crippen molar-refractivity contribution in [1.82, 2.24) is 20.0 Å². The zero-order valence-electron chi connectivity index (χ0n) is 13.8. The molecular weight excluding hydrogens is 316 g/mol. The van der Waals surface area contributed by atoms with Gasteiger partial charge in [-0.2, -0.15) is 5.10 Å². The van der Waals surface area contributed by atoms with Crippen molar-refractivity contribution < 1.29 is 0 Å². The summed E-state index contributed by atoms with van der Waals surface area (Å²) in [6.45, 7) is 0.691. The highest BCUT2D eigenvalue weighted by molar-refractivity contribution is 7.80. The van der Waals surface area contributed by atoms with Crippen LogP contribution in [0.4, 0.5) is 0 Å². The molecule has 3 aromatic rings. The van der Waals surface area contributed by atoms with Crippen LogP contribution in [0.2, 0.25) is 0 Å². The first-order valence-electron chi connectivity index (χ1n) is 7.81. The van der Waals surface area contributed by atoms with Crippen molar-refractivity contribution in [2.75, 3.05) is 14.1 Å². The fourth-order valence-electron chi connectivity index (χ4n) is 2.60. The first-order valence-corrected chi connectivity index (χ1v) is 8.22. The van der Waals surface area contributed by atoms with Crippen LogP contribution in [0.15, 0.2) is 66.9 Å². The molecule has 0 saturated heterocycles. The van der Waals surface area contributed by atoms with Crippen LogP contribution >= 0.6 is 12.2 Å². The molecule has 1 aromatic heterocycles. The van der Waals surface area contributed by atoms with Gasteiger partial charge in [-0.1, -0.05) is 48.5 Å². The second kappa shape index (κ2) is 7.27. The van der Waals surface area contributed by atoms with Crippen LogP contribution in [0.5, 0.6) is 0 Å². The van der Waals surface area contributed by atoms with Crippen molar-refractivity contribution in [2.24, 2.45) is 0 Å². The number of benzene rings is 2. The van der Waals surface area contributed by atoms with E-state index in [2.05, 4.69) is 23.6 Å². The van der Waals surface area contributed by atoms with Gasteiger partial charge in [0.25, 0.3) is 0 Å². The molecule has 0 unspecified atom stereocenters. The molecule has 0 spiro atoms. The van der Waals surface area contributed by atoms with E-state index in [-0.39, 0.29) is 0 Å². The molecule has 0 aliphatic rings. The number of nitrogens with zero attached hydrogens (tertiary/aromatic N) is 3. The highest BCUT2D eigenvalue weighted by Gasteiger charge is 2.14. The molecular formula is C19H20N4S. The van der Waals surface area contributed by atoms with Gasteiger partial charge in [0.1, 0.15) is 0 Å². The van der Waals surface area contributed by atoms with Gasteiger partial charge in [0, 0.05) is 38.0 Å². The van der Waals surface area contributed by atoms with Crippen molar-refractivity contribution >= 4 is 17.3 Å². The normalized spacial score (nSPS) is 10.4. The summed E-state index contributed by atoms with van der Waals surface area (Å²) in [6, 6.07) is 20.4. The van der Waals surface area contributed by atoms with Crippen molar-refractivity contribution in [1.29, 1.82) is 0 Å². The molecule has 1 N–H and O–H groups in total. The minimum absolute atomic E-state index is 0.691. The molecule has 0 aliphatic heterocycles. The van der Waals surface area contributed by atoms with Gasteiger partial charge in [-0.3, -0.25) is 0 Å². The van der Waals surface area contributed by atoms with Gasteiger partial charge in [0.05, 0.1) is 11.4 Å². The Morgan fingerprint density at radius 3 is 2.33 bits per heavy atom. The lowest BCUT2D eigenvalue weighted by molar-refractivity contribution is 0.495. The predicted octanol–water partition coefficient (Wildman–Crippen LogP) is 3.48. The standard InChI is InChI=1S/C19H20N4S/c1-20-19(24)22(2)13-16-14-23(17-11-7-4-8-12-17)21-18(16)15-9-5-3-6-10-15/h3-12,14H,13H2,1-2H3,(H,20,24). The van der Waals surface area contributed by atoms with E-state index in [4.69, 9.17) is 17.3 Å². The average Bonchev–Trinajstić information content (AvgIpc) is 3.06. The van der Waals surface area contributed by atoms with Crippen LogP contribution in [-0.2, 0) is 6.54 Å². The van der Waals surface area contributed by atoms with Crippen molar-refractivity contribution in [3.63, 3.8) is 0 Å². The molecule has 0 saturated carbocycles. The van der Waals surface area contributed by atoms with Gasteiger partial charge in [0.2, 0.25) is 0 Å². The molecule has 1 heterocycles. The van der Waals surface area contributed by atoms with Crippen LogP contribution in [0.25, 0.3) is 16.9 Å². The molecule has 4 nitrogen and oxygen atoms in total. The predicted molar refractivity (Wildman–Crippen MR) is 102 cm³/mol. The minimum Gasteiger partial charge on any atom is -0.366 e. The van der Waals surface area contributed by atoms with Crippen LogP contribution in [-0.4, -0.2) is 33.9 Å². The summed E-state index contributed by atoms with van der Waals surface area (Å²) in [5.41, 5.74) is 4.25. The van der Waals surface area contributed by atoms with Gasteiger partial charge in [0.15, 0.2) is 5.11 Å². The van der Waals surface area contributed by atoms with E-state index in [0.29, 0.717) is 11.7 Å². The molecule has 0 amide bonds. The maximum Gasteiger partial charge on any atom is 0.168 e. The lowest BCUT2D eigenvalue weighted by atomic mass is 10.1. The van der Waals surface area contributed by atoms with Gasteiger partial charge in [-0.05, 0) is 24.4 Å². The number of nitrogens with one attached hydrogen (secondary N) is 1. The maximum absolute atomic E-state index is 5.32. The third-order valence-electron chi connectivity index (χ3n) is 3.83. The highest BCUT2D eigenvalue weighted by Crippen LogP contribution is 2.24. The molecule has 0 aliphatic carbocycles. The number of aromatic nitrogens is 2. The van der Waals surface area contributed by atoms with Gasteiger partial charge in [-0.15, -0.1) is 0 Å². The second-order valence-corrected chi connectivity index (χ2v) is 5.95. The molecule has 2 aromatic carbocycles. The van der Waals surface area contributed by atoms with Gasteiger partial charge in [-0.25, -0.2) is 4.68 Å². The first kappa shape index (κ1) is 16.2. The topological polar surface area (TPSA) is 33.1 Å². The Balaban J connectivity index is 2.02.